The van der Waals surface area contributed by atoms with Crippen LogP contribution in [-0.4, -0.2) is 17.1 Å². The molecule has 3 heteroatoms. The quantitative estimate of drug-likeness (QED) is 0.415. The van der Waals surface area contributed by atoms with Crippen molar-refractivity contribution in [3.8, 4) is 0 Å². The molecule has 35 heavy (non-hydrogen) atoms. The van der Waals surface area contributed by atoms with Crippen molar-refractivity contribution in [3.05, 3.63) is 0 Å². The Morgan fingerprint density at radius 3 is 2.03 bits per heavy atom. The summed E-state index contributed by atoms with van der Waals surface area (Å²) in [4.78, 5) is 12.3. The highest BCUT2D eigenvalue weighted by atomic mass is 16.3. The maximum atomic E-state index is 12.3. The molecule has 0 radical (unpaired) electrons. The molecule has 4 rings (SSSR count). The van der Waals surface area contributed by atoms with Crippen molar-refractivity contribution in [1.29, 1.82) is 0 Å². The smallest absolute Gasteiger partial charge is 0.220 e. The van der Waals surface area contributed by atoms with Crippen molar-refractivity contribution in [1.82, 2.24) is 0 Å². The molecule has 0 aromatic heterocycles. The molecule has 0 bridgehead atoms. The molecule has 9 atom stereocenters. The first kappa shape index (κ1) is 30.7. The Balaban J connectivity index is 0.000000803. The summed E-state index contributed by atoms with van der Waals surface area (Å²) in [6, 6.07) is 0. The van der Waals surface area contributed by atoms with Crippen LogP contribution >= 0.6 is 0 Å². The molecule has 0 saturated heterocycles. The van der Waals surface area contributed by atoms with E-state index in [1.165, 1.54) is 64.2 Å². The van der Waals surface area contributed by atoms with Gasteiger partial charge in [0.15, 0.2) is 0 Å². The molecule has 0 aromatic rings. The molecule has 3 nitrogen and oxygen atoms in total. The van der Waals surface area contributed by atoms with Gasteiger partial charge in [0, 0.05) is 5.92 Å². The van der Waals surface area contributed by atoms with E-state index >= 15 is 0 Å². The van der Waals surface area contributed by atoms with Crippen LogP contribution in [0.2, 0.25) is 0 Å². The molecule has 4 aliphatic carbocycles. The Morgan fingerprint density at radius 2 is 1.46 bits per heavy atom. The van der Waals surface area contributed by atoms with Gasteiger partial charge >= 0.3 is 0 Å². The third kappa shape index (κ3) is 5.51. The number of amides is 1. The van der Waals surface area contributed by atoms with E-state index in [2.05, 4.69) is 48.5 Å². The fraction of sp³-hybridized carbons (Fsp3) is 0.969. The van der Waals surface area contributed by atoms with Gasteiger partial charge in [0.1, 0.15) is 0 Å². The Labute approximate surface area is 218 Å². The molecule has 4 fully saturated rings. The number of fused-ring (bicyclic) bond motifs is 5. The molecule has 4 saturated carbocycles. The topological polar surface area (TPSA) is 63.3 Å². The molecule has 1 amide bonds. The summed E-state index contributed by atoms with van der Waals surface area (Å²) < 4.78 is 0. The normalized spacial score (nSPS) is 43.7. The summed E-state index contributed by atoms with van der Waals surface area (Å²) in [6.07, 6.45) is 14.2. The van der Waals surface area contributed by atoms with Crippen molar-refractivity contribution in [2.75, 3.05) is 0 Å². The average molecular weight is 492 g/mol. The number of hydrogen-bond donors (Lipinski definition) is 2. The lowest BCUT2D eigenvalue weighted by molar-refractivity contribution is -0.211. The minimum absolute atomic E-state index is 0.0263. The zero-order chi connectivity index (χ0) is 26.6. The molecule has 4 aliphatic rings. The summed E-state index contributed by atoms with van der Waals surface area (Å²) in [5.41, 5.74) is 6.67. The van der Waals surface area contributed by atoms with Crippen molar-refractivity contribution >= 4 is 5.91 Å². The van der Waals surface area contributed by atoms with Gasteiger partial charge in [0.2, 0.25) is 5.91 Å². The second-order valence-electron chi connectivity index (χ2n) is 13.5. The number of carbonyl (C=O) groups excluding carboxylic acids is 1. The number of aliphatic hydroxyl groups is 1. The molecular formula is C32H61NO2. The van der Waals surface area contributed by atoms with Gasteiger partial charge in [-0.1, -0.05) is 81.6 Å². The number of aliphatic hydroxyl groups excluding tert-OH is 1. The monoisotopic (exact) mass is 491 g/mol. The van der Waals surface area contributed by atoms with Gasteiger partial charge in [0.05, 0.1) is 6.10 Å². The minimum atomic E-state index is -0.152. The fourth-order valence-corrected chi connectivity index (χ4v) is 9.87. The molecule has 0 aliphatic heterocycles. The van der Waals surface area contributed by atoms with Gasteiger partial charge < -0.3 is 10.8 Å². The lowest BCUT2D eigenvalue weighted by atomic mass is 9.36. The van der Waals surface area contributed by atoms with Crippen molar-refractivity contribution in [3.63, 3.8) is 0 Å². The highest BCUT2D eigenvalue weighted by Crippen LogP contribution is 2.71. The molecule has 0 spiro atoms. The Bertz CT molecular complexity index is 674. The van der Waals surface area contributed by atoms with Crippen LogP contribution in [0.25, 0.3) is 0 Å². The van der Waals surface area contributed by atoms with Crippen LogP contribution in [0.5, 0.6) is 0 Å². The van der Waals surface area contributed by atoms with E-state index < -0.39 is 0 Å². The van der Waals surface area contributed by atoms with Crippen LogP contribution in [-0.2, 0) is 4.79 Å². The van der Waals surface area contributed by atoms with Crippen LogP contribution in [0, 0.1) is 51.8 Å². The van der Waals surface area contributed by atoms with E-state index in [9.17, 15) is 9.90 Å². The van der Waals surface area contributed by atoms with Crippen molar-refractivity contribution < 1.29 is 9.90 Å². The molecule has 206 valence electrons. The molecule has 0 aromatic carbocycles. The molecule has 3 N–H and O–H groups in total. The summed E-state index contributed by atoms with van der Waals surface area (Å²) in [7, 11) is 0. The number of carbonyl (C=O) groups is 1. The predicted molar refractivity (Wildman–Crippen MR) is 150 cm³/mol. The SMILES string of the molecule is CC.CCC.CCCCC1C(C(N)=O)CCC2C1CCC1C2(C)CCC2C(C)(C)C(O)CCC21C. The second kappa shape index (κ2) is 12.3. The van der Waals surface area contributed by atoms with Gasteiger partial charge in [-0.25, -0.2) is 0 Å². The van der Waals surface area contributed by atoms with Gasteiger partial charge in [-0.2, -0.15) is 0 Å². The first-order chi connectivity index (χ1) is 16.5. The van der Waals surface area contributed by atoms with Crippen LogP contribution in [0.1, 0.15) is 139 Å². The average Bonchev–Trinajstić information content (AvgIpc) is 2.81. The van der Waals surface area contributed by atoms with Gasteiger partial charge in [-0.3, -0.25) is 4.79 Å². The highest BCUT2D eigenvalue weighted by Gasteiger charge is 2.64. The van der Waals surface area contributed by atoms with E-state index in [0.717, 1.165) is 24.7 Å². The number of rotatable bonds is 4. The van der Waals surface area contributed by atoms with E-state index in [4.69, 9.17) is 5.73 Å². The van der Waals surface area contributed by atoms with Gasteiger partial charge in [0.25, 0.3) is 0 Å². The maximum absolute atomic E-state index is 12.3. The van der Waals surface area contributed by atoms with E-state index in [1.54, 1.807) is 0 Å². The van der Waals surface area contributed by atoms with E-state index in [-0.39, 0.29) is 23.3 Å². The van der Waals surface area contributed by atoms with E-state index in [1.807, 2.05) is 13.8 Å². The Morgan fingerprint density at radius 1 is 0.857 bits per heavy atom. The first-order valence-corrected chi connectivity index (χ1v) is 15.5. The number of unbranched alkanes of at least 4 members (excludes halogenated alkanes) is 1. The molecule has 0 heterocycles. The summed E-state index contributed by atoms with van der Waals surface area (Å²) in [6.45, 7) is 20.4. The van der Waals surface area contributed by atoms with Gasteiger partial charge in [-0.15, -0.1) is 0 Å². The van der Waals surface area contributed by atoms with Crippen LogP contribution in [0.4, 0.5) is 0 Å². The van der Waals surface area contributed by atoms with Crippen LogP contribution in [0.3, 0.4) is 0 Å². The predicted octanol–water partition coefficient (Wildman–Crippen LogP) is 8.38. The van der Waals surface area contributed by atoms with Crippen LogP contribution in [0.15, 0.2) is 0 Å². The zero-order valence-electron chi connectivity index (χ0n) is 25.0. The fourth-order valence-electron chi connectivity index (χ4n) is 9.87. The Hall–Kier alpha value is -0.570. The zero-order valence-corrected chi connectivity index (χ0v) is 25.0. The van der Waals surface area contributed by atoms with Crippen molar-refractivity contribution in [2.24, 2.45) is 57.5 Å². The summed E-state index contributed by atoms with van der Waals surface area (Å²) >= 11 is 0. The minimum Gasteiger partial charge on any atom is -0.393 e. The van der Waals surface area contributed by atoms with Gasteiger partial charge in [-0.05, 0) is 104 Å². The highest BCUT2D eigenvalue weighted by molar-refractivity contribution is 5.77. The second-order valence-corrected chi connectivity index (χ2v) is 13.5. The largest absolute Gasteiger partial charge is 0.393 e. The molecule has 9 unspecified atom stereocenters. The maximum Gasteiger partial charge on any atom is 0.220 e. The molecular weight excluding hydrogens is 430 g/mol. The number of nitrogens with two attached hydrogens (primary N) is 1. The number of hydrogen-bond acceptors (Lipinski definition) is 2. The third-order valence-electron chi connectivity index (χ3n) is 11.3. The van der Waals surface area contributed by atoms with Crippen LogP contribution < -0.4 is 5.73 Å². The lowest BCUT2D eigenvalue weighted by Gasteiger charge is -2.68. The van der Waals surface area contributed by atoms with E-state index in [0.29, 0.717) is 28.6 Å². The Kier molecular flexibility index (Phi) is 10.8. The lowest BCUT2D eigenvalue weighted by Crippen LogP contribution is -2.63. The van der Waals surface area contributed by atoms with Crippen molar-refractivity contribution in [2.45, 2.75) is 145 Å². The number of primary amides is 1. The standard InChI is InChI=1S/C27H47NO2.C3H8.C2H6/c1-6-7-8-17-18-10-12-22-26(4,20(18)11-9-19(17)24(28)30)15-13-21-25(2,3)23(29)14-16-27(21,22)5;1-3-2;1-2/h17-23,29H,6-16H2,1-5H3,(H2,28,30);3H2,1-2H3;1-2H3. The summed E-state index contributed by atoms with van der Waals surface area (Å²) in [5.74, 6) is 3.39. The first-order valence-electron chi connectivity index (χ1n) is 15.5. The summed E-state index contributed by atoms with van der Waals surface area (Å²) in [5, 5.41) is 10.8. The third-order valence-corrected chi connectivity index (χ3v) is 11.3.